The van der Waals surface area contributed by atoms with Crippen LogP contribution in [-0.4, -0.2) is 40.5 Å². The van der Waals surface area contributed by atoms with Crippen molar-refractivity contribution in [3.05, 3.63) is 70.7 Å². The maximum absolute atomic E-state index is 12.5. The number of nitrogens with zero attached hydrogens (tertiary/aromatic N) is 1. The summed E-state index contributed by atoms with van der Waals surface area (Å²) in [7, 11) is 1.34. The fourth-order valence-corrected chi connectivity index (χ4v) is 3.71. The van der Waals surface area contributed by atoms with E-state index in [4.69, 9.17) is 16.3 Å². The highest BCUT2D eigenvalue weighted by Crippen LogP contribution is 2.35. The van der Waals surface area contributed by atoms with Crippen molar-refractivity contribution in [3.63, 3.8) is 0 Å². The van der Waals surface area contributed by atoms with Gasteiger partial charge in [0.2, 0.25) is 0 Å². The third kappa shape index (κ3) is 6.46. The van der Waals surface area contributed by atoms with Crippen LogP contribution < -0.4 is 0 Å². The van der Waals surface area contributed by atoms with Crippen molar-refractivity contribution < 1.29 is 19.7 Å². The van der Waals surface area contributed by atoms with Gasteiger partial charge in [-0.3, -0.25) is 0 Å². The van der Waals surface area contributed by atoms with E-state index in [1.807, 2.05) is 49.4 Å². The normalized spacial score (nSPS) is 14.7. The Balaban J connectivity index is 2.28. The quantitative estimate of drug-likeness (QED) is 0.637. The number of amides is 1. The predicted octanol–water partition coefficient (Wildman–Crippen LogP) is 4.91. The van der Waals surface area contributed by atoms with Crippen LogP contribution in [0.3, 0.4) is 0 Å². The topological polar surface area (TPSA) is 70.0 Å². The number of halogens is 1. The molecule has 1 amide bonds. The van der Waals surface area contributed by atoms with Crippen LogP contribution in [0.15, 0.2) is 54.6 Å². The molecule has 0 bridgehead atoms. The van der Waals surface area contributed by atoms with Crippen LogP contribution in [0.5, 0.6) is 0 Å². The standard InChI is InChI=1S/C23H30ClNO4/c1-17(18-10-12-20(24)13-11-18)25(21(26)29-4)15-14-23(28,16-22(2,3)27)19-8-6-5-7-9-19/h5-13,17,27-28H,14-16H2,1-4H3/t17-,23?/m0/s1. The number of carbonyl (C=O) groups excluding carboxylic acids is 1. The lowest BCUT2D eigenvalue weighted by molar-refractivity contribution is -0.0602. The maximum Gasteiger partial charge on any atom is 0.409 e. The van der Waals surface area contributed by atoms with Crippen LogP contribution in [0.2, 0.25) is 5.02 Å². The van der Waals surface area contributed by atoms with E-state index in [1.54, 1.807) is 30.9 Å². The Hall–Kier alpha value is -2.08. The molecule has 5 nitrogen and oxygen atoms in total. The molecule has 0 spiro atoms. The summed E-state index contributed by atoms with van der Waals surface area (Å²) in [6.45, 7) is 5.47. The van der Waals surface area contributed by atoms with Crippen molar-refractivity contribution in [3.8, 4) is 0 Å². The minimum absolute atomic E-state index is 0.133. The molecule has 0 aliphatic heterocycles. The summed E-state index contributed by atoms with van der Waals surface area (Å²) in [4.78, 5) is 14.0. The van der Waals surface area contributed by atoms with Crippen LogP contribution in [0, 0.1) is 0 Å². The van der Waals surface area contributed by atoms with Crippen LogP contribution in [0.4, 0.5) is 4.79 Å². The lowest BCUT2D eigenvalue weighted by Gasteiger charge is -2.37. The molecule has 1 unspecified atom stereocenters. The highest BCUT2D eigenvalue weighted by atomic mass is 35.5. The molecule has 0 heterocycles. The summed E-state index contributed by atoms with van der Waals surface area (Å²) >= 11 is 5.97. The smallest absolute Gasteiger partial charge is 0.409 e. The molecule has 0 aliphatic carbocycles. The van der Waals surface area contributed by atoms with E-state index in [-0.39, 0.29) is 25.4 Å². The second kappa shape index (κ2) is 9.61. The average molecular weight is 420 g/mol. The molecule has 2 aromatic rings. The predicted molar refractivity (Wildman–Crippen MR) is 115 cm³/mol. The van der Waals surface area contributed by atoms with Crippen molar-refractivity contribution >= 4 is 17.7 Å². The molecule has 2 N–H and O–H groups in total. The van der Waals surface area contributed by atoms with Crippen molar-refractivity contribution in [2.75, 3.05) is 13.7 Å². The first-order valence-electron chi connectivity index (χ1n) is 9.66. The molecule has 0 saturated heterocycles. The van der Waals surface area contributed by atoms with Crippen LogP contribution in [-0.2, 0) is 10.3 Å². The van der Waals surface area contributed by atoms with E-state index in [0.717, 1.165) is 5.56 Å². The number of carbonyl (C=O) groups is 1. The van der Waals surface area contributed by atoms with Gasteiger partial charge in [0.1, 0.15) is 0 Å². The molecule has 29 heavy (non-hydrogen) atoms. The maximum atomic E-state index is 12.5. The summed E-state index contributed by atoms with van der Waals surface area (Å²) in [6, 6.07) is 16.2. The first-order chi connectivity index (χ1) is 13.6. The van der Waals surface area contributed by atoms with Gasteiger partial charge in [-0.05, 0) is 50.5 Å². The lowest BCUT2D eigenvalue weighted by atomic mass is 9.81. The second-order valence-corrected chi connectivity index (χ2v) is 8.46. The Kier molecular flexibility index (Phi) is 7.69. The fourth-order valence-electron chi connectivity index (χ4n) is 3.59. The Labute approximate surface area is 177 Å². The molecule has 158 valence electrons. The highest BCUT2D eigenvalue weighted by molar-refractivity contribution is 6.30. The van der Waals surface area contributed by atoms with Crippen molar-refractivity contribution in [2.45, 2.75) is 50.9 Å². The molecule has 0 aromatic heterocycles. The minimum Gasteiger partial charge on any atom is -0.453 e. The number of ether oxygens (including phenoxy) is 1. The van der Waals surface area contributed by atoms with E-state index < -0.39 is 17.3 Å². The average Bonchev–Trinajstić information content (AvgIpc) is 2.67. The fraction of sp³-hybridized carbons (Fsp3) is 0.435. The van der Waals surface area contributed by atoms with Gasteiger partial charge in [-0.2, -0.15) is 0 Å². The van der Waals surface area contributed by atoms with Gasteiger partial charge in [-0.1, -0.05) is 54.1 Å². The van der Waals surface area contributed by atoms with Gasteiger partial charge in [-0.15, -0.1) is 0 Å². The van der Waals surface area contributed by atoms with E-state index in [2.05, 4.69) is 0 Å². The van der Waals surface area contributed by atoms with Crippen molar-refractivity contribution in [1.82, 2.24) is 4.90 Å². The summed E-state index contributed by atoms with van der Waals surface area (Å²) in [5, 5.41) is 22.4. The Bertz CT molecular complexity index is 789. The van der Waals surface area contributed by atoms with Gasteiger partial charge in [0.15, 0.2) is 0 Å². The molecule has 0 saturated carbocycles. The largest absolute Gasteiger partial charge is 0.453 e. The number of hydrogen-bond acceptors (Lipinski definition) is 4. The monoisotopic (exact) mass is 419 g/mol. The third-order valence-electron chi connectivity index (χ3n) is 5.03. The van der Waals surface area contributed by atoms with Gasteiger partial charge < -0.3 is 19.8 Å². The molecular weight excluding hydrogens is 390 g/mol. The zero-order valence-electron chi connectivity index (χ0n) is 17.4. The van der Waals surface area contributed by atoms with E-state index in [9.17, 15) is 15.0 Å². The van der Waals surface area contributed by atoms with E-state index >= 15 is 0 Å². The van der Waals surface area contributed by atoms with Gasteiger partial charge in [-0.25, -0.2) is 4.79 Å². The molecule has 0 aliphatic rings. The molecule has 2 atom stereocenters. The molecular formula is C23H30ClNO4. The second-order valence-electron chi connectivity index (χ2n) is 8.03. The Morgan fingerprint density at radius 2 is 1.69 bits per heavy atom. The summed E-state index contributed by atoms with van der Waals surface area (Å²) in [6.07, 6.45) is -0.103. The number of hydrogen-bond donors (Lipinski definition) is 2. The van der Waals surface area contributed by atoms with E-state index in [0.29, 0.717) is 10.6 Å². The number of rotatable bonds is 8. The van der Waals surface area contributed by atoms with Crippen LogP contribution in [0.1, 0.15) is 50.8 Å². The van der Waals surface area contributed by atoms with Gasteiger partial charge >= 0.3 is 6.09 Å². The molecule has 2 rings (SSSR count). The minimum atomic E-state index is -1.30. The number of methoxy groups -OCH3 is 1. The van der Waals surface area contributed by atoms with Crippen LogP contribution >= 0.6 is 11.6 Å². The third-order valence-corrected chi connectivity index (χ3v) is 5.28. The molecule has 0 fully saturated rings. The zero-order valence-corrected chi connectivity index (χ0v) is 18.2. The zero-order chi connectivity index (χ0) is 21.7. The summed E-state index contributed by atoms with van der Waals surface area (Å²) in [5.41, 5.74) is -0.773. The number of aliphatic hydroxyl groups is 2. The summed E-state index contributed by atoms with van der Waals surface area (Å²) in [5.74, 6) is 0. The molecule has 2 aromatic carbocycles. The highest BCUT2D eigenvalue weighted by Gasteiger charge is 2.36. The Morgan fingerprint density at radius 3 is 2.21 bits per heavy atom. The van der Waals surface area contributed by atoms with Gasteiger partial charge in [0.25, 0.3) is 0 Å². The molecule has 6 heteroatoms. The SMILES string of the molecule is COC(=O)N(CCC(O)(CC(C)(C)O)c1ccccc1)[C@@H](C)c1ccc(Cl)cc1. The van der Waals surface area contributed by atoms with Crippen LogP contribution in [0.25, 0.3) is 0 Å². The van der Waals surface area contributed by atoms with Gasteiger partial charge in [0.05, 0.1) is 24.4 Å². The van der Waals surface area contributed by atoms with E-state index in [1.165, 1.54) is 7.11 Å². The first kappa shape index (κ1) is 23.2. The Morgan fingerprint density at radius 1 is 1.10 bits per heavy atom. The lowest BCUT2D eigenvalue weighted by Crippen LogP contribution is -2.41. The first-order valence-corrected chi connectivity index (χ1v) is 10.0. The molecule has 0 radical (unpaired) electrons. The van der Waals surface area contributed by atoms with Crippen molar-refractivity contribution in [2.24, 2.45) is 0 Å². The van der Waals surface area contributed by atoms with Gasteiger partial charge in [0, 0.05) is 18.0 Å². The van der Waals surface area contributed by atoms with Crippen molar-refractivity contribution in [1.29, 1.82) is 0 Å². The summed E-state index contributed by atoms with van der Waals surface area (Å²) < 4.78 is 4.98. The number of benzene rings is 2.